The molecule has 0 bridgehead atoms. The molecule has 12 heteroatoms. The van der Waals surface area contributed by atoms with Gasteiger partial charge in [0.15, 0.2) is 5.65 Å². The summed E-state index contributed by atoms with van der Waals surface area (Å²) in [5, 5.41) is 8.01. The van der Waals surface area contributed by atoms with Gasteiger partial charge < -0.3 is 10.6 Å². The summed E-state index contributed by atoms with van der Waals surface area (Å²) in [4.78, 5) is 30.1. The molecule has 28 heavy (non-hydrogen) atoms. The monoisotopic (exact) mass is 422 g/mol. The van der Waals surface area contributed by atoms with Gasteiger partial charge in [-0.15, -0.1) is 12.4 Å². The second-order valence-corrected chi connectivity index (χ2v) is 6.46. The van der Waals surface area contributed by atoms with Crippen LogP contribution in [-0.2, 0) is 11.2 Å². The summed E-state index contributed by atoms with van der Waals surface area (Å²) in [5.41, 5.74) is 0.507. The molecular formula is C16H22ClF3N6O2. The molecule has 0 radical (unpaired) electrons. The average Bonchev–Trinajstić information content (AvgIpc) is 3.07. The number of aromatic nitrogens is 3. The van der Waals surface area contributed by atoms with Crippen LogP contribution in [0.3, 0.4) is 0 Å². The first kappa shape index (κ1) is 22.2. The number of nitrogens with zero attached hydrogens (tertiary/aromatic N) is 3. The summed E-state index contributed by atoms with van der Waals surface area (Å²) in [5.74, 6) is -0.645. The number of hydrogen-bond acceptors (Lipinski definition) is 5. The lowest BCUT2D eigenvalue weighted by Crippen LogP contribution is -2.57. The fourth-order valence-electron chi connectivity index (χ4n) is 3.19. The van der Waals surface area contributed by atoms with E-state index < -0.39 is 30.2 Å². The molecule has 2 aromatic heterocycles. The number of carbonyl (C=O) groups is 1. The summed E-state index contributed by atoms with van der Waals surface area (Å²) >= 11 is 0. The van der Waals surface area contributed by atoms with Crippen LogP contribution < -0.4 is 16.2 Å². The molecule has 1 unspecified atom stereocenters. The predicted octanol–water partition coefficient (Wildman–Crippen LogP) is 0.248. The van der Waals surface area contributed by atoms with Crippen molar-refractivity contribution >= 4 is 24.0 Å². The Morgan fingerprint density at radius 2 is 2.04 bits per heavy atom. The zero-order valence-electron chi connectivity index (χ0n) is 15.2. The van der Waals surface area contributed by atoms with Crippen LogP contribution >= 0.6 is 12.4 Å². The Morgan fingerprint density at radius 3 is 2.68 bits per heavy atom. The lowest BCUT2D eigenvalue weighted by atomic mass is 10.1. The molecule has 3 rings (SSSR count). The van der Waals surface area contributed by atoms with E-state index in [1.165, 1.54) is 15.6 Å². The molecule has 1 amide bonds. The maximum atomic E-state index is 13.4. The van der Waals surface area contributed by atoms with E-state index in [-0.39, 0.29) is 37.5 Å². The summed E-state index contributed by atoms with van der Waals surface area (Å²) in [6.07, 6.45) is -3.25. The smallest absolute Gasteiger partial charge is 0.354 e. The first-order valence-corrected chi connectivity index (χ1v) is 8.61. The third-order valence-electron chi connectivity index (χ3n) is 4.65. The van der Waals surface area contributed by atoms with Gasteiger partial charge in [0.05, 0.1) is 6.42 Å². The molecule has 156 valence electrons. The third kappa shape index (κ3) is 4.83. The maximum absolute atomic E-state index is 13.4. The second-order valence-electron chi connectivity index (χ2n) is 6.46. The average molecular weight is 423 g/mol. The molecule has 1 aliphatic heterocycles. The Kier molecular flexibility index (Phi) is 7.07. The van der Waals surface area contributed by atoms with Crippen molar-refractivity contribution in [3.8, 4) is 0 Å². The Bertz CT molecular complexity index is 875. The van der Waals surface area contributed by atoms with Crippen LogP contribution in [0.4, 0.5) is 13.2 Å². The highest BCUT2D eigenvalue weighted by atomic mass is 35.5. The maximum Gasteiger partial charge on any atom is 0.405 e. The van der Waals surface area contributed by atoms with Crippen LogP contribution in [-0.4, -0.2) is 70.3 Å². The number of amides is 1. The Labute approximate surface area is 164 Å². The first-order valence-electron chi connectivity index (χ1n) is 8.61. The highest BCUT2D eigenvalue weighted by Gasteiger charge is 2.43. The summed E-state index contributed by atoms with van der Waals surface area (Å²) in [7, 11) is 0. The largest absolute Gasteiger partial charge is 0.405 e. The topological polar surface area (TPSA) is 94.5 Å². The zero-order chi connectivity index (χ0) is 19.6. The van der Waals surface area contributed by atoms with Crippen molar-refractivity contribution < 1.29 is 18.0 Å². The number of halogens is 4. The molecule has 2 aromatic rings. The number of nitrogens with one attached hydrogen (secondary N) is 3. The van der Waals surface area contributed by atoms with Gasteiger partial charge >= 0.3 is 6.18 Å². The van der Waals surface area contributed by atoms with E-state index >= 15 is 0 Å². The van der Waals surface area contributed by atoms with Gasteiger partial charge in [-0.05, 0) is 6.92 Å². The summed E-state index contributed by atoms with van der Waals surface area (Å²) in [6.45, 7) is 2.50. The van der Waals surface area contributed by atoms with Gasteiger partial charge in [0.1, 0.15) is 6.04 Å². The minimum Gasteiger partial charge on any atom is -0.354 e. The Hall–Kier alpha value is -2.11. The molecule has 1 aliphatic rings. The van der Waals surface area contributed by atoms with Gasteiger partial charge in [0.25, 0.3) is 5.56 Å². The third-order valence-corrected chi connectivity index (χ3v) is 4.65. The lowest BCUT2D eigenvalue weighted by Gasteiger charge is -2.35. The van der Waals surface area contributed by atoms with Crippen LogP contribution in [0, 0.1) is 6.92 Å². The van der Waals surface area contributed by atoms with Crippen molar-refractivity contribution in [3.63, 3.8) is 0 Å². The fraction of sp³-hybridized carbons (Fsp3) is 0.562. The molecule has 0 aliphatic carbocycles. The molecule has 1 saturated heterocycles. The lowest BCUT2D eigenvalue weighted by molar-refractivity contribution is -0.184. The molecule has 3 N–H and O–H groups in total. The quantitative estimate of drug-likeness (QED) is 0.642. The summed E-state index contributed by atoms with van der Waals surface area (Å²) < 4.78 is 41.3. The van der Waals surface area contributed by atoms with Gasteiger partial charge in [0.2, 0.25) is 5.91 Å². The molecule has 0 saturated carbocycles. The van der Waals surface area contributed by atoms with Crippen LogP contribution in [0.1, 0.15) is 11.3 Å². The highest BCUT2D eigenvalue weighted by Crippen LogP contribution is 2.24. The molecule has 0 aromatic carbocycles. The van der Waals surface area contributed by atoms with E-state index in [1.807, 2.05) is 0 Å². The van der Waals surface area contributed by atoms with Crippen LogP contribution in [0.2, 0.25) is 0 Å². The Balaban J connectivity index is 0.00000280. The van der Waals surface area contributed by atoms with Gasteiger partial charge in [-0.1, -0.05) is 0 Å². The van der Waals surface area contributed by atoms with Crippen molar-refractivity contribution in [3.05, 3.63) is 33.9 Å². The number of hydrogen-bond donors (Lipinski definition) is 3. The van der Waals surface area contributed by atoms with E-state index in [4.69, 9.17) is 0 Å². The molecule has 1 atom stereocenters. The predicted molar refractivity (Wildman–Crippen MR) is 98.8 cm³/mol. The summed E-state index contributed by atoms with van der Waals surface area (Å²) in [6, 6.07) is -0.144. The minimum absolute atomic E-state index is 0. The number of aryl methyl sites for hydroxylation is 1. The van der Waals surface area contributed by atoms with Gasteiger partial charge in [-0.2, -0.15) is 13.2 Å². The van der Waals surface area contributed by atoms with Crippen LogP contribution in [0.15, 0.2) is 17.1 Å². The standard InChI is InChI=1S/C16H21F3N6O2.ClH/c1-10-11(15(27)25-13(23-10)2-3-22-25)8-14(26)21-9-12(16(17,18)19)24-6-4-20-5-7-24;/h2-3,12,20,22H,4-9H2,1H3,(H,21,26);1H. The van der Waals surface area contributed by atoms with Crippen molar-refractivity contribution in [1.29, 1.82) is 0 Å². The van der Waals surface area contributed by atoms with Crippen LogP contribution in [0.5, 0.6) is 0 Å². The van der Waals surface area contributed by atoms with Gasteiger partial charge in [0, 0.05) is 56.2 Å². The molecular weight excluding hydrogens is 401 g/mol. The highest BCUT2D eigenvalue weighted by molar-refractivity contribution is 5.85. The normalized spacial score (nSPS) is 16.6. The van der Waals surface area contributed by atoms with E-state index in [2.05, 4.69) is 20.7 Å². The first-order chi connectivity index (χ1) is 12.8. The number of carbonyl (C=O) groups excluding carboxylic acids is 1. The number of fused-ring (bicyclic) bond motifs is 1. The van der Waals surface area contributed by atoms with Gasteiger partial charge in [-0.25, -0.2) is 9.50 Å². The van der Waals surface area contributed by atoms with E-state index in [0.29, 0.717) is 24.4 Å². The molecule has 3 heterocycles. The van der Waals surface area contributed by atoms with E-state index in [9.17, 15) is 22.8 Å². The Morgan fingerprint density at radius 1 is 1.36 bits per heavy atom. The van der Waals surface area contributed by atoms with Crippen molar-refractivity contribution in [2.45, 2.75) is 25.6 Å². The number of H-pyrrole nitrogens is 1. The van der Waals surface area contributed by atoms with Crippen molar-refractivity contribution in [1.82, 2.24) is 30.1 Å². The number of piperazine rings is 1. The SMILES string of the molecule is Cc1nc2cc[nH]n2c(=O)c1CC(=O)NCC(N1CCNCC1)C(F)(F)F.Cl. The van der Waals surface area contributed by atoms with Crippen molar-refractivity contribution in [2.75, 3.05) is 32.7 Å². The van der Waals surface area contributed by atoms with Crippen LogP contribution in [0.25, 0.3) is 5.65 Å². The molecule has 1 fully saturated rings. The minimum atomic E-state index is -4.45. The number of alkyl halides is 3. The second kappa shape index (κ2) is 8.93. The fourth-order valence-corrected chi connectivity index (χ4v) is 3.19. The number of aromatic amines is 1. The molecule has 0 spiro atoms. The zero-order valence-corrected chi connectivity index (χ0v) is 16.0. The number of rotatable bonds is 5. The van der Waals surface area contributed by atoms with Gasteiger partial charge in [-0.3, -0.25) is 19.6 Å². The molecule has 8 nitrogen and oxygen atoms in total. The van der Waals surface area contributed by atoms with E-state index in [0.717, 1.165) is 0 Å². The van der Waals surface area contributed by atoms with Crippen molar-refractivity contribution in [2.24, 2.45) is 0 Å². The van der Waals surface area contributed by atoms with E-state index in [1.54, 1.807) is 13.0 Å².